The van der Waals surface area contributed by atoms with E-state index in [2.05, 4.69) is 293 Å². The number of hydrogen-bond donors (Lipinski definition) is 0. The van der Waals surface area contributed by atoms with Gasteiger partial charge in [-0.25, -0.2) is 39.0 Å². The van der Waals surface area contributed by atoms with Crippen LogP contribution in [0.4, 0.5) is 0 Å². The van der Waals surface area contributed by atoms with Crippen LogP contribution in [0.3, 0.4) is 0 Å². The number of rotatable bonds is 14. The van der Waals surface area contributed by atoms with Gasteiger partial charge in [0.25, 0.3) is 0 Å². The molecule has 0 aliphatic heterocycles. The van der Waals surface area contributed by atoms with Crippen LogP contribution in [0.5, 0.6) is 0 Å². The van der Waals surface area contributed by atoms with E-state index in [1.807, 2.05) is 60.2 Å². The third-order valence-corrected chi connectivity index (χ3v) is 18.8. The summed E-state index contributed by atoms with van der Waals surface area (Å²) in [5.41, 5.74) is 26.7. The van der Waals surface area contributed by atoms with Gasteiger partial charge in [-0.3, -0.25) is 8.80 Å². The summed E-state index contributed by atoms with van der Waals surface area (Å²) in [6, 6.07) is 105. The highest BCUT2D eigenvalue weighted by Crippen LogP contribution is 2.51. The minimum atomic E-state index is 0.463. The van der Waals surface area contributed by atoms with Gasteiger partial charge in [0, 0.05) is 17.3 Å². The number of aromatic nitrogens is 11. The molecule has 11 nitrogen and oxygen atoms in total. The highest BCUT2D eigenvalue weighted by molar-refractivity contribution is 6.07. The molecule has 0 spiro atoms. The summed E-state index contributed by atoms with van der Waals surface area (Å²) in [5, 5.41) is 0. The zero-order valence-corrected chi connectivity index (χ0v) is 53.8. The lowest BCUT2D eigenvalue weighted by molar-refractivity contribution is 0.931. The number of fused-ring (bicyclic) bond motifs is 8. The van der Waals surface area contributed by atoms with Crippen LogP contribution < -0.4 is 0 Å². The quantitative estimate of drug-likeness (QED) is 0.107. The standard InChI is InChI=1S/C88H59N11/c1-3-28-75-72(4-2)93-87-97(75)80-52-64(47-48-79(80)99(87)85-89-50-49-74(92-85)83-81(61-37-19-9-20-38-61)69(59-33-15-7-16-34-59)55-70(60-35-17-8-18-36-60)82(83)62-39-21-10-22-40-62)63-41-27-42-65(51-63)68-54-71(67(58-31-13-6-14-32-58)53-66(68)57-29-11-5-12-30-57)84-90-56-91-86(95-84)98-78-46-26-25-45-77(78)96-76-44-24-23-43-73(76)94-88(96)98/h3-56H,2H2,1H3/b28-3-. The van der Waals surface area contributed by atoms with E-state index in [9.17, 15) is 0 Å². The van der Waals surface area contributed by atoms with Crippen LogP contribution in [0.2, 0.25) is 0 Å². The van der Waals surface area contributed by atoms with Gasteiger partial charge in [0.1, 0.15) is 6.33 Å². The van der Waals surface area contributed by atoms with Crippen molar-refractivity contribution in [2.75, 3.05) is 0 Å². The molecule has 6 heterocycles. The van der Waals surface area contributed by atoms with Crippen molar-refractivity contribution in [1.82, 2.24) is 52.8 Å². The number of imidazole rings is 4. The molecule has 0 atom stereocenters. The first-order chi connectivity index (χ1) is 49.0. The fourth-order valence-electron chi connectivity index (χ4n) is 14.4. The van der Waals surface area contributed by atoms with E-state index in [0.29, 0.717) is 29.3 Å². The summed E-state index contributed by atoms with van der Waals surface area (Å²) in [4.78, 5) is 36.7. The minimum Gasteiger partial charge on any atom is -0.276 e. The minimum absolute atomic E-state index is 0.463. The van der Waals surface area contributed by atoms with Gasteiger partial charge >= 0.3 is 0 Å². The highest BCUT2D eigenvalue weighted by Gasteiger charge is 2.28. The van der Waals surface area contributed by atoms with Crippen molar-refractivity contribution in [3.8, 4) is 124 Å². The molecule has 12 aromatic carbocycles. The zero-order valence-electron chi connectivity index (χ0n) is 53.8. The molecule has 0 aliphatic carbocycles. The predicted molar refractivity (Wildman–Crippen MR) is 403 cm³/mol. The van der Waals surface area contributed by atoms with Gasteiger partial charge in [-0.05, 0) is 175 Å². The van der Waals surface area contributed by atoms with Crippen LogP contribution in [-0.2, 0) is 0 Å². The summed E-state index contributed by atoms with van der Waals surface area (Å²) in [5.74, 6) is 2.83. The second kappa shape index (κ2) is 24.4. The van der Waals surface area contributed by atoms with Crippen molar-refractivity contribution in [2.24, 2.45) is 0 Å². The van der Waals surface area contributed by atoms with E-state index in [-0.39, 0.29) is 0 Å². The molecule has 0 aliphatic rings. The Morgan fingerprint density at radius 3 is 1.41 bits per heavy atom. The highest BCUT2D eigenvalue weighted by atomic mass is 15.3. The first-order valence-corrected chi connectivity index (χ1v) is 33.1. The summed E-state index contributed by atoms with van der Waals surface area (Å²) in [7, 11) is 0. The van der Waals surface area contributed by atoms with E-state index in [0.717, 1.165) is 150 Å². The predicted octanol–water partition coefficient (Wildman–Crippen LogP) is 21.3. The van der Waals surface area contributed by atoms with Gasteiger partial charge in [-0.1, -0.05) is 243 Å². The van der Waals surface area contributed by atoms with Crippen LogP contribution in [0.25, 0.3) is 180 Å². The molecule has 0 fully saturated rings. The molecule has 18 aromatic rings. The van der Waals surface area contributed by atoms with E-state index < -0.39 is 0 Å². The van der Waals surface area contributed by atoms with Gasteiger partial charge < -0.3 is 0 Å². The average Bonchev–Trinajstić information content (AvgIpc) is 1.68. The van der Waals surface area contributed by atoms with Crippen LogP contribution in [0, 0.1) is 0 Å². The van der Waals surface area contributed by atoms with Gasteiger partial charge in [-0.2, -0.15) is 4.98 Å². The van der Waals surface area contributed by atoms with E-state index in [1.54, 1.807) is 6.33 Å². The number of benzene rings is 12. The van der Waals surface area contributed by atoms with Crippen molar-refractivity contribution >= 4 is 56.8 Å². The molecule has 466 valence electrons. The van der Waals surface area contributed by atoms with E-state index >= 15 is 0 Å². The summed E-state index contributed by atoms with van der Waals surface area (Å²) < 4.78 is 8.52. The molecule has 0 amide bonds. The molecule has 0 bridgehead atoms. The lowest BCUT2D eigenvalue weighted by atomic mass is 9.80. The van der Waals surface area contributed by atoms with E-state index in [4.69, 9.17) is 34.9 Å². The molecular formula is C88H59N11. The Hall–Kier alpha value is -13.5. The molecule has 0 saturated carbocycles. The van der Waals surface area contributed by atoms with Crippen LogP contribution in [0.1, 0.15) is 18.3 Å². The normalized spacial score (nSPS) is 11.7. The van der Waals surface area contributed by atoms with Crippen molar-refractivity contribution in [1.29, 1.82) is 0 Å². The van der Waals surface area contributed by atoms with Crippen molar-refractivity contribution in [3.63, 3.8) is 0 Å². The lowest BCUT2D eigenvalue weighted by Gasteiger charge is -2.24. The van der Waals surface area contributed by atoms with E-state index in [1.165, 1.54) is 0 Å². The molecular weight excluding hydrogens is 1210 g/mol. The van der Waals surface area contributed by atoms with Crippen molar-refractivity contribution in [3.05, 3.63) is 334 Å². The number of allylic oxidation sites excluding steroid dienone is 1. The topological polar surface area (TPSA) is 109 Å². The second-order valence-corrected chi connectivity index (χ2v) is 24.5. The second-order valence-electron chi connectivity index (χ2n) is 24.5. The smallest absolute Gasteiger partial charge is 0.240 e. The first kappa shape index (κ1) is 58.1. The Morgan fingerprint density at radius 1 is 0.323 bits per heavy atom. The molecule has 0 saturated heterocycles. The Labute approximate surface area is 570 Å². The van der Waals surface area contributed by atoms with Gasteiger partial charge in [0.05, 0.1) is 50.2 Å². The maximum atomic E-state index is 5.74. The molecule has 99 heavy (non-hydrogen) atoms. The molecule has 6 aromatic heterocycles. The Morgan fingerprint density at radius 2 is 0.798 bits per heavy atom. The Balaban J connectivity index is 0.823. The largest absolute Gasteiger partial charge is 0.276 e. The summed E-state index contributed by atoms with van der Waals surface area (Å²) in [6.45, 7) is 6.32. The third kappa shape index (κ3) is 9.94. The van der Waals surface area contributed by atoms with Gasteiger partial charge in [0.2, 0.25) is 23.5 Å². The zero-order chi connectivity index (χ0) is 65.9. The van der Waals surface area contributed by atoms with Crippen LogP contribution in [0.15, 0.2) is 322 Å². The SMILES string of the molecule is C=Cc1nc2n(-c3nccc(-c4c(-c5ccccc5)c(-c5ccccc5)cc(-c5ccccc5)c4-c4ccccc4)n3)c3ccc(-c4cccc(-c5cc(-c6ncnc(-n7c8ccccc8n8c9ccccc9nc78)n6)c(-c6ccccc6)cc5-c5ccccc5)c4)cc3n2c1/C=C\C. The van der Waals surface area contributed by atoms with Gasteiger partial charge in [0.15, 0.2) is 5.82 Å². The maximum Gasteiger partial charge on any atom is 0.240 e. The van der Waals surface area contributed by atoms with Crippen LogP contribution >= 0.6 is 0 Å². The fourth-order valence-corrected chi connectivity index (χ4v) is 14.4. The first-order valence-electron chi connectivity index (χ1n) is 33.1. The average molecular weight is 1270 g/mol. The monoisotopic (exact) mass is 1270 g/mol. The Bertz CT molecular complexity index is 6070. The summed E-state index contributed by atoms with van der Waals surface area (Å²) in [6.07, 6.45) is 9.47. The maximum absolute atomic E-state index is 5.74. The lowest BCUT2D eigenvalue weighted by Crippen LogP contribution is -2.05. The van der Waals surface area contributed by atoms with Gasteiger partial charge in [-0.15, -0.1) is 0 Å². The van der Waals surface area contributed by atoms with Crippen LogP contribution in [-0.4, -0.2) is 52.8 Å². The summed E-state index contributed by atoms with van der Waals surface area (Å²) >= 11 is 0. The number of hydrogen-bond acceptors (Lipinski definition) is 7. The van der Waals surface area contributed by atoms with Crippen molar-refractivity contribution < 1.29 is 0 Å². The molecule has 0 N–H and O–H groups in total. The molecule has 11 heteroatoms. The number of nitrogens with zero attached hydrogens (tertiary/aromatic N) is 11. The Kier molecular flexibility index (Phi) is 14.3. The number of para-hydroxylation sites is 4. The third-order valence-electron chi connectivity index (χ3n) is 18.8. The van der Waals surface area contributed by atoms with Crippen molar-refractivity contribution in [2.45, 2.75) is 6.92 Å². The molecule has 0 radical (unpaired) electrons. The molecule has 18 rings (SSSR count). The fraction of sp³-hybridized carbons (Fsp3) is 0.0114. The molecule has 0 unspecified atom stereocenters.